The van der Waals surface area contributed by atoms with Crippen LogP contribution in [0.2, 0.25) is 0 Å². The van der Waals surface area contributed by atoms with Crippen LogP contribution >= 0.6 is 11.3 Å². The molecule has 182 valence electrons. The summed E-state index contributed by atoms with van der Waals surface area (Å²) in [6, 6.07) is 15.7. The van der Waals surface area contributed by atoms with Crippen molar-refractivity contribution in [3.63, 3.8) is 0 Å². The number of amides is 4. The summed E-state index contributed by atoms with van der Waals surface area (Å²) in [6.07, 6.45) is 0. The SMILES string of the molecule is COc1ccc([C@]2(C)NC(=O)N(CC(=O)N[C@@H](c3ccc(C)cc3)c3cccs3)C2=O)cc1OC. The van der Waals surface area contributed by atoms with E-state index in [1.165, 1.54) is 25.6 Å². The minimum Gasteiger partial charge on any atom is -0.493 e. The Morgan fingerprint density at radius 3 is 2.43 bits per heavy atom. The van der Waals surface area contributed by atoms with Gasteiger partial charge in [-0.2, -0.15) is 0 Å². The van der Waals surface area contributed by atoms with Gasteiger partial charge in [0.1, 0.15) is 12.1 Å². The highest BCUT2D eigenvalue weighted by Crippen LogP contribution is 2.35. The quantitative estimate of drug-likeness (QED) is 0.466. The van der Waals surface area contributed by atoms with Crippen molar-refractivity contribution in [2.45, 2.75) is 25.4 Å². The van der Waals surface area contributed by atoms with Gasteiger partial charge in [-0.05, 0) is 48.6 Å². The fourth-order valence-electron chi connectivity index (χ4n) is 4.07. The van der Waals surface area contributed by atoms with E-state index in [0.717, 1.165) is 20.9 Å². The van der Waals surface area contributed by atoms with Crippen LogP contribution < -0.4 is 20.1 Å². The lowest BCUT2D eigenvalue weighted by Gasteiger charge is -2.24. The van der Waals surface area contributed by atoms with Gasteiger partial charge in [0.15, 0.2) is 11.5 Å². The molecule has 0 bridgehead atoms. The number of thiophene rings is 1. The number of urea groups is 1. The smallest absolute Gasteiger partial charge is 0.325 e. The Labute approximate surface area is 207 Å². The lowest BCUT2D eigenvalue weighted by atomic mass is 9.91. The Hall–Kier alpha value is -3.85. The maximum atomic E-state index is 13.3. The van der Waals surface area contributed by atoms with Gasteiger partial charge in [0.25, 0.3) is 5.91 Å². The molecule has 2 heterocycles. The maximum absolute atomic E-state index is 13.3. The van der Waals surface area contributed by atoms with Crippen LogP contribution in [-0.4, -0.2) is 43.5 Å². The van der Waals surface area contributed by atoms with Gasteiger partial charge in [-0.25, -0.2) is 4.79 Å². The van der Waals surface area contributed by atoms with Crippen LogP contribution in [0.5, 0.6) is 11.5 Å². The molecule has 1 aliphatic heterocycles. The molecule has 35 heavy (non-hydrogen) atoms. The van der Waals surface area contributed by atoms with E-state index in [4.69, 9.17) is 9.47 Å². The highest BCUT2D eigenvalue weighted by molar-refractivity contribution is 7.10. The summed E-state index contributed by atoms with van der Waals surface area (Å²) in [6.45, 7) is 3.20. The van der Waals surface area contributed by atoms with Crippen LogP contribution in [0, 0.1) is 6.92 Å². The zero-order valence-electron chi connectivity index (χ0n) is 20.0. The molecular formula is C26H27N3O5S. The molecule has 2 aromatic carbocycles. The van der Waals surface area contributed by atoms with Crippen molar-refractivity contribution in [1.29, 1.82) is 0 Å². The van der Waals surface area contributed by atoms with Gasteiger partial charge in [-0.3, -0.25) is 14.5 Å². The molecule has 2 N–H and O–H groups in total. The van der Waals surface area contributed by atoms with Crippen molar-refractivity contribution in [2.24, 2.45) is 0 Å². The molecule has 1 aliphatic rings. The number of imide groups is 1. The number of carbonyl (C=O) groups excluding carboxylic acids is 3. The largest absolute Gasteiger partial charge is 0.493 e. The van der Waals surface area contributed by atoms with E-state index in [1.54, 1.807) is 25.1 Å². The van der Waals surface area contributed by atoms with Crippen molar-refractivity contribution >= 4 is 29.2 Å². The number of hydrogen-bond donors (Lipinski definition) is 2. The summed E-state index contributed by atoms with van der Waals surface area (Å²) in [5, 5.41) is 7.65. The Morgan fingerprint density at radius 1 is 1.09 bits per heavy atom. The molecule has 0 radical (unpaired) electrons. The number of carbonyl (C=O) groups is 3. The predicted octanol–water partition coefficient (Wildman–Crippen LogP) is 3.75. The lowest BCUT2D eigenvalue weighted by Crippen LogP contribution is -2.44. The minimum absolute atomic E-state index is 0.388. The van der Waals surface area contributed by atoms with Gasteiger partial charge in [0, 0.05) is 4.88 Å². The summed E-state index contributed by atoms with van der Waals surface area (Å²) in [5.74, 6) is -0.0261. The normalized spacial score (nSPS) is 18.2. The zero-order chi connectivity index (χ0) is 25.2. The summed E-state index contributed by atoms with van der Waals surface area (Å²) in [5.41, 5.74) is 1.20. The molecule has 8 nitrogen and oxygen atoms in total. The van der Waals surface area contributed by atoms with E-state index in [1.807, 2.05) is 48.7 Å². The monoisotopic (exact) mass is 493 g/mol. The molecule has 9 heteroatoms. The summed E-state index contributed by atoms with van der Waals surface area (Å²) in [7, 11) is 3.01. The first-order chi connectivity index (χ1) is 16.8. The maximum Gasteiger partial charge on any atom is 0.325 e. The van der Waals surface area contributed by atoms with Gasteiger partial charge >= 0.3 is 6.03 Å². The minimum atomic E-state index is -1.35. The van der Waals surface area contributed by atoms with Gasteiger partial charge in [-0.1, -0.05) is 42.0 Å². The number of hydrogen-bond acceptors (Lipinski definition) is 6. The molecule has 1 saturated heterocycles. The van der Waals surface area contributed by atoms with Crippen molar-refractivity contribution in [3.8, 4) is 11.5 Å². The first kappa shape index (κ1) is 24.3. The number of nitrogens with zero attached hydrogens (tertiary/aromatic N) is 1. The number of benzene rings is 2. The molecular weight excluding hydrogens is 466 g/mol. The molecule has 4 amide bonds. The highest BCUT2D eigenvalue weighted by Gasteiger charge is 2.49. The van der Waals surface area contributed by atoms with Gasteiger partial charge in [-0.15, -0.1) is 11.3 Å². The zero-order valence-corrected chi connectivity index (χ0v) is 20.8. The number of ether oxygens (including phenoxy) is 2. The van der Waals surface area contributed by atoms with Crippen LogP contribution in [-0.2, 0) is 15.1 Å². The lowest BCUT2D eigenvalue weighted by molar-refractivity contribution is -0.135. The average Bonchev–Trinajstić information content (AvgIpc) is 3.46. The second-order valence-corrected chi connectivity index (χ2v) is 9.42. The molecule has 2 atom stereocenters. The van der Waals surface area contributed by atoms with Crippen LogP contribution in [0.15, 0.2) is 60.0 Å². The summed E-state index contributed by atoms with van der Waals surface area (Å²) >= 11 is 1.52. The molecule has 3 aromatic rings. The van der Waals surface area contributed by atoms with Crippen molar-refractivity contribution in [3.05, 3.63) is 81.5 Å². The van der Waals surface area contributed by atoms with Crippen LogP contribution in [0.4, 0.5) is 4.79 Å². The third-order valence-electron chi connectivity index (χ3n) is 6.08. The van der Waals surface area contributed by atoms with E-state index in [2.05, 4.69) is 10.6 Å². The Balaban J connectivity index is 1.54. The average molecular weight is 494 g/mol. The number of rotatable bonds is 8. The number of nitrogens with one attached hydrogen (secondary N) is 2. The Bertz CT molecular complexity index is 1240. The molecule has 4 rings (SSSR count). The van der Waals surface area contributed by atoms with Gasteiger partial charge < -0.3 is 20.1 Å². The predicted molar refractivity (Wildman–Crippen MR) is 133 cm³/mol. The Kier molecular flexibility index (Phi) is 6.79. The van der Waals surface area contributed by atoms with Gasteiger partial charge in [0.05, 0.1) is 20.3 Å². The molecule has 0 spiro atoms. The van der Waals surface area contributed by atoms with E-state index in [0.29, 0.717) is 17.1 Å². The first-order valence-corrected chi connectivity index (χ1v) is 11.9. The third-order valence-corrected chi connectivity index (χ3v) is 7.02. The third kappa shape index (κ3) is 4.72. The summed E-state index contributed by atoms with van der Waals surface area (Å²) in [4.78, 5) is 41.1. The summed E-state index contributed by atoms with van der Waals surface area (Å²) < 4.78 is 10.6. The van der Waals surface area contributed by atoms with E-state index >= 15 is 0 Å². The molecule has 0 unspecified atom stereocenters. The van der Waals surface area contributed by atoms with Crippen LogP contribution in [0.3, 0.4) is 0 Å². The van der Waals surface area contributed by atoms with E-state index in [-0.39, 0.29) is 6.04 Å². The molecule has 0 aliphatic carbocycles. The fourth-order valence-corrected chi connectivity index (χ4v) is 4.87. The van der Waals surface area contributed by atoms with Gasteiger partial charge in [0.2, 0.25) is 5.91 Å². The number of aryl methyl sites for hydroxylation is 1. The van der Waals surface area contributed by atoms with Crippen molar-refractivity contribution in [1.82, 2.24) is 15.5 Å². The molecule has 1 fully saturated rings. The Morgan fingerprint density at radius 2 is 1.80 bits per heavy atom. The standard InChI is InChI=1S/C26H27N3O5S/c1-16-7-9-17(10-8-16)23(21-6-5-13-35-21)27-22(30)15-29-24(31)26(2,28-25(29)32)18-11-12-19(33-3)20(14-18)34-4/h5-14,23H,15H2,1-4H3,(H,27,30)(H,28,32)/t23-,26-/m0/s1. The fraction of sp³-hybridized carbons (Fsp3) is 0.269. The van der Waals surface area contributed by atoms with E-state index < -0.39 is 29.9 Å². The van der Waals surface area contributed by atoms with Crippen molar-refractivity contribution in [2.75, 3.05) is 20.8 Å². The van der Waals surface area contributed by atoms with Crippen molar-refractivity contribution < 1.29 is 23.9 Å². The van der Waals surface area contributed by atoms with E-state index in [9.17, 15) is 14.4 Å². The highest BCUT2D eigenvalue weighted by atomic mass is 32.1. The molecule has 0 saturated carbocycles. The second-order valence-electron chi connectivity index (χ2n) is 8.44. The first-order valence-electron chi connectivity index (χ1n) is 11.0. The van der Waals surface area contributed by atoms with Crippen LogP contribution in [0.25, 0.3) is 0 Å². The topological polar surface area (TPSA) is 97.0 Å². The number of methoxy groups -OCH3 is 2. The second kappa shape index (κ2) is 9.79. The van der Waals surface area contributed by atoms with Crippen LogP contribution in [0.1, 0.15) is 34.5 Å². The molecule has 1 aromatic heterocycles.